The third-order valence-corrected chi connectivity index (χ3v) is 4.24. The maximum Gasteiger partial charge on any atom is 0.416 e. The second kappa shape index (κ2) is 6.21. The highest BCUT2D eigenvalue weighted by atomic mass is 32.2. The molecule has 1 aromatic rings. The third kappa shape index (κ3) is 4.17. The van der Waals surface area contributed by atoms with E-state index in [0.717, 1.165) is 0 Å². The highest BCUT2D eigenvalue weighted by molar-refractivity contribution is 7.89. The maximum absolute atomic E-state index is 13.7. The molecule has 0 aromatic heterocycles. The van der Waals surface area contributed by atoms with Gasteiger partial charge in [-0.25, -0.2) is 12.8 Å². The van der Waals surface area contributed by atoms with Gasteiger partial charge in [0.15, 0.2) is 0 Å². The number of sulfonamides is 1. The molecule has 1 unspecified atom stereocenters. The molecule has 2 N–H and O–H groups in total. The number of benzene rings is 1. The zero-order chi connectivity index (χ0) is 17.3. The topological polar surface area (TPSA) is 83.5 Å². The van der Waals surface area contributed by atoms with E-state index in [2.05, 4.69) is 0 Å². The van der Waals surface area contributed by atoms with E-state index in [0.29, 0.717) is 12.1 Å². The summed E-state index contributed by atoms with van der Waals surface area (Å²) in [5, 5.41) is 8.90. The number of carboxylic acid groups (broad SMARTS) is 1. The summed E-state index contributed by atoms with van der Waals surface area (Å²) in [5.41, 5.74) is -1.34. The van der Waals surface area contributed by atoms with Crippen LogP contribution in [0.25, 0.3) is 0 Å². The molecular weight excluding hydrogens is 330 g/mol. The molecule has 0 saturated heterocycles. The Balaban J connectivity index is 3.21. The smallest absolute Gasteiger partial charge is 0.416 e. The lowest BCUT2D eigenvalue weighted by molar-refractivity contribution is -0.140. The molecule has 0 fully saturated rings. The van der Waals surface area contributed by atoms with Crippen molar-refractivity contribution in [2.75, 3.05) is 0 Å². The van der Waals surface area contributed by atoms with Crippen LogP contribution < -0.4 is 4.72 Å². The lowest BCUT2D eigenvalue weighted by Gasteiger charge is -2.18. The summed E-state index contributed by atoms with van der Waals surface area (Å²) in [6, 6.07) is -0.644. The summed E-state index contributed by atoms with van der Waals surface area (Å²) >= 11 is 0. The van der Waals surface area contributed by atoms with Gasteiger partial charge in [0.1, 0.15) is 16.8 Å². The van der Waals surface area contributed by atoms with Crippen molar-refractivity contribution < 1.29 is 35.9 Å². The predicted octanol–water partition coefficient (Wildman–Crippen LogP) is 2.23. The van der Waals surface area contributed by atoms with Crippen LogP contribution in [0, 0.1) is 11.7 Å². The number of carbonyl (C=O) groups is 1. The lowest BCUT2D eigenvalue weighted by Crippen LogP contribution is -2.44. The molecule has 0 heterocycles. The van der Waals surface area contributed by atoms with Crippen LogP contribution in [-0.4, -0.2) is 25.5 Å². The van der Waals surface area contributed by atoms with Crippen molar-refractivity contribution in [2.45, 2.75) is 31.0 Å². The van der Waals surface area contributed by atoms with Gasteiger partial charge in [-0.3, -0.25) is 4.79 Å². The highest BCUT2D eigenvalue weighted by Gasteiger charge is 2.34. The van der Waals surface area contributed by atoms with Gasteiger partial charge in [0.05, 0.1) is 5.56 Å². The molecule has 124 valence electrons. The molecule has 1 rings (SSSR count). The Bertz CT molecular complexity index is 670. The molecule has 0 spiro atoms. The van der Waals surface area contributed by atoms with Crippen LogP contribution in [-0.2, 0) is 21.0 Å². The van der Waals surface area contributed by atoms with Crippen molar-refractivity contribution in [3.05, 3.63) is 29.6 Å². The van der Waals surface area contributed by atoms with Crippen molar-refractivity contribution >= 4 is 16.0 Å². The number of nitrogens with one attached hydrogen (secondary N) is 1. The normalized spacial score (nSPS) is 14.1. The van der Waals surface area contributed by atoms with Gasteiger partial charge in [0.2, 0.25) is 10.0 Å². The minimum absolute atomic E-state index is 0.0414. The van der Waals surface area contributed by atoms with Gasteiger partial charge in [-0.2, -0.15) is 17.9 Å². The Labute approximate surface area is 124 Å². The first-order chi connectivity index (χ1) is 9.86. The van der Waals surface area contributed by atoms with Gasteiger partial charge < -0.3 is 5.11 Å². The quantitative estimate of drug-likeness (QED) is 0.803. The van der Waals surface area contributed by atoms with E-state index >= 15 is 0 Å². The summed E-state index contributed by atoms with van der Waals surface area (Å²) in [6.07, 6.45) is -4.82. The Hall–Kier alpha value is -1.68. The van der Waals surface area contributed by atoms with Crippen molar-refractivity contribution in [2.24, 2.45) is 5.92 Å². The van der Waals surface area contributed by atoms with E-state index in [4.69, 9.17) is 5.11 Å². The molecule has 0 aliphatic carbocycles. The molecule has 0 aliphatic rings. The van der Waals surface area contributed by atoms with Crippen molar-refractivity contribution in [1.82, 2.24) is 4.72 Å². The summed E-state index contributed by atoms with van der Waals surface area (Å²) < 4.78 is 76.5. The van der Waals surface area contributed by atoms with E-state index in [1.165, 1.54) is 13.8 Å². The Morgan fingerprint density at radius 1 is 1.27 bits per heavy atom. The molecule has 1 aromatic carbocycles. The first kappa shape index (κ1) is 18.4. The van der Waals surface area contributed by atoms with E-state index in [9.17, 15) is 30.8 Å². The van der Waals surface area contributed by atoms with Crippen molar-refractivity contribution in [3.63, 3.8) is 0 Å². The number of rotatable bonds is 5. The summed E-state index contributed by atoms with van der Waals surface area (Å²) in [5.74, 6) is -3.74. The zero-order valence-electron chi connectivity index (χ0n) is 11.5. The second-order valence-electron chi connectivity index (χ2n) is 4.82. The highest BCUT2D eigenvalue weighted by Crippen LogP contribution is 2.31. The number of carboxylic acids is 1. The number of hydrogen-bond donors (Lipinski definition) is 2. The molecular formula is C12H13F4NO4S. The maximum atomic E-state index is 13.7. The van der Waals surface area contributed by atoms with E-state index in [1.807, 2.05) is 0 Å². The van der Waals surface area contributed by atoms with Crippen LogP contribution in [0.1, 0.15) is 19.4 Å². The minimum atomic E-state index is -4.82. The summed E-state index contributed by atoms with van der Waals surface area (Å²) in [4.78, 5) is 9.90. The van der Waals surface area contributed by atoms with Crippen LogP contribution in [0.2, 0.25) is 0 Å². The zero-order valence-corrected chi connectivity index (χ0v) is 12.3. The van der Waals surface area contributed by atoms with Gasteiger partial charge in [-0.15, -0.1) is 0 Å². The third-order valence-electron chi connectivity index (χ3n) is 2.76. The molecule has 0 aliphatic heterocycles. The number of aliphatic carboxylic acids is 1. The van der Waals surface area contributed by atoms with Gasteiger partial charge in [-0.05, 0) is 24.1 Å². The molecule has 0 amide bonds. The van der Waals surface area contributed by atoms with Crippen LogP contribution in [0.15, 0.2) is 23.1 Å². The molecule has 0 radical (unpaired) electrons. The van der Waals surface area contributed by atoms with Crippen LogP contribution in [0.5, 0.6) is 0 Å². The Kier molecular flexibility index (Phi) is 5.18. The Morgan fingerprint density at radius 2 is 1.82 bits per heavy atom. The number of alkyl halides is 3. The van der Waals surface area contributed by atoms with Crippen LogP contribution >= 0.6 is 0 Å². The predicted molar refractivity (Wildman–Crippen MR) is 68.0 cm³/mol. The molecule has 0 bridgehead atoms. The average molecular weight is 343 g/mol. The number of halogens is 4. The molecule has 0 saturated carbocycles. The first-order valence-corrected chi connectivity index (χ1v) is 7.46. The van der Waals surface area contributed by atoms with Crippen molar-refractivity contribution in [1.29, 1.82) is 0 Å². The number of hydrogen-bond acceptors (Lipinski definition) is 3. The first-order valence-electron chi connectivity index (χ1n) is 5.98. The van der Waals surface area contributed by atoms with Gasteiger partial charge in [0, 0.05) is 0 Å². The molecule has 10 heteroatoms. The van der Waals surface area contributed by atoms with Crippen LogP contribution in [0.4, 0.5) is 17.6 Å². The average Bonchev–Trinajstić information content (AvgIpc) is 2.33. The fourth-order valence-electron chi connectivity index (χ4n) is 1.60. The van der Waals surface area contributed by atoms with Crippen molar-refractivity contribution in [3.8, 4) is 0 Å². The second-order valence-corrected chi connectivity index (χ2v) is 6.51. The van der Waals surface area contributed by atoms with Gasteiger partial charge >= 0.3 is 12.1 Å². The fraction of sp³-hybridized carbons (Fsp3) is 0.417. The SMILES string of the molecule is CC(C)C(NS(=O)(=O)c1ccc(C(F)(F)F)cc1F)C(=O)O. The van der Waals surface area contributed by atoms with Gasteiger partial charge in [-0.1, -0.05) is 13.8 Å². The summed E-state index contributed by atoms with van der Waals surface area (Å²) in [6.45, 7) is 2.84. The minimum Gasteiger partial charge on any atom is -0.480 e. The molecule has 22 heavy (non-hydrogen) atoms. The largest absolute Gasteiger partial charge is 0.480 e. The van der Waals surface area contributed by atoms with E-state index in [1.54, 1.807) is 4.72 Å². The Morgan fingerprint density at radius 3 is 2.18 bits per heavy atom. The monoisotopic (exact) mass is 343 g/mol. The standard InChI is InChI=1S/C12H13F4NO4S/c1-6(2)10(11(18)19)17-22(20,21)9-4-3-7(5-8(9)13)12(14,15)16/h3-6,10,17H,1-2H3,(H,18,19). The van der Waals surface area contributed by atoms with Crippen LogP contribution in [0.3, 0.4) is 0 Å². The molecule has 5 nitrogen and oxygen atoms in total. The fourth-order valence-corrected chi connectivity index (χ4v) is 2.99. The van der Waals surface area contributed by atoms with E-state index < -0.39 is 50.4 Å². The van der Waals surface area contributed by atoms with E-state index in [-0.39, 0.29) is 6.07 Å². The summed E-state index contributed by atoms with van der Waals surface area (Å²) in [7, 11) is -4.62. The van der Waals surface area contributed by atoms with Gasteiger partial charge in [0.25, 0.3) is 0 Å². The molecule has 1 atom stereocenters. The lowest BCUT2D eigenvalue weighted by atomic mass is 10.1.